The summed E-state index contributed by atoms with van der Waals surface area (Å²) in [5.74, 6) is 5.38. The molecule has 4 nitrogen and oxygen atoms in total. The lowest BCUT2D eigenvalue weighted by atomic mass is 10.1. The molecule has 0 amide bonds. The zero-order valence-corrected chi connectivity index (χ0v) is 10.4. The van der Waals surface area contributed by atoms with Crippen molar-refractivity contribution in [2.24, 2.45) is 0 Å². The van der Waals surface area contributed by atoms with E-state index in [-0.39, 0.29) is 18.9 Å². The number of hydrogen-bond donors (Lipinski definition) is 2. The van der Waals surface area contributed by atoms with Crippen LogP contribution in [0.25, 0.3) is 0 Å². The molecule has 0 saturated carbocycles. The summed E-state index contributed by atoms with van der Waals surface area (Å²) in [6.45, 7) is 1.58. The number of benzene rings is 1. The molecule has 0 radical (unpaired) electrons. The summed E-state index contributed by atoms with van der Waals surface area (Å²) in [6.07, 6.45) is 0. The van der Waals surface area contributed by atoms with Crippen molar-refractivity contribution in [1.82, 2.24) is 4.72 Å². The van der Waals surface area contributed by atoms with E-state index in [1.54, 1.807) is 19.1 Å². The second kappa shape index (κ2) is 6.40. The minimum Gasteiger partial charge on any atom is -0.384 e. The zero-order valence-electron chi connectivity index (χ0n) is 9.60. The summed E-state index contributed by atoms with van der Waals surface area (Å²) in [6, 6.07) is 7.23. The third-order valence-corrected chi connectivity index (χ3v) is 3.53. The monoisotopic (exact) mass is 253 g/mol. The van der Waals surface area contributed by atoms with Gasteiger partial charge in [0.15, 0.2) is 0 Å². The summed E-state index contributed by atoms with van der Waals surface area (Å²) in [4.78, 5) is 0. The van der Waals surface area contributed by atoms with E-state index < -0.39 is 10.0 Å². The molecule has 0 bridgehead atoms. The van der Waals surface area contributed by atoms with Gasteiger partial charge in [0.2, 0.25) is 10.0 Å². The van der Waals surface area contributed by atoms with E-state index in [1.165, 1.54) is 0 Å². The molecule has 0 atom stereocenters. The van der Waals surface area contributed by atoms with Crippen LogP contribution in [0.4, 0.5) is 0 Å². The van der Waals surface area contributed by atoms with E-state index in [9.17, 15) is 8.42 Å². The second-order valence-electron chi connectivity index (χ2n) is 3.34. The predicted octanol–water partition coefficient (Wildman–Crippen LogP) is 0.470. The number of aliphatic hydroxyl groups excluding tert-OH is 1. The summed E-state index contributed by atoms with van der Waals surface area (Å²) < 4.78 is 25.1. The van der Waals surface area contributed by atoms with Crippen LogP contribution in [0.1, 0.15) is 18.1 Å². The van der Waals surface area contributed by atoms with E-state index in [4.69, 9.17) is 5.11 Å². The summed E-state index contributed by atoms with van der Waals surface area (Å²) >= 11 is 0. The highest BCUT2D eigenvalue weighted by Gasteiger charge is 2.07. The Morgan fingerprint density at radius 1 is 1.35 bits per heavy atom. The summed E-state index contributed by atoms with van der Waals surface area (Å²) in [7, 11) is -3.20. The van der Waals surface area contributed by atoms with Gasteiger partial charge in [-0.2, -0.15) is 0 Å². The highest BCUT2D eigenvalue weighted by atomic mass is 32.2. The maximum absolute atomic E-state index is 11.3. The van der Waals surface area contributed by atoms with Gasteiger partial charge in [0.1, 0.15) is 6.61 Å². The molecule has 17 heavy (non-hydrogen) atoms. The SMILES string of the molecule is CCS(=O)(=O)NCc1ccccc1C#CCO. The molecule has 0 heterocycles. The number of hydrogen-bond acceptors (Lipinski definition) is 3. The lowest BCUT2D eigenvalue weighted by Gasteiger charge is -2.06. The lowest BCUT2D eigenvalue weighted by molar-refractivity contribution is 0.350. The molecule has 2 N–H and O–H groups in total. The van der Waals surface area contributed by atoms with Gasteiger partial charge in [-0.25, -0.2) is 13.1 Å². The van der Waals surface area contributed by atoms with Crippen molar-refractivity contribution >= 4 is 10.0 Å². The van der Waals surface area contributed by atoms with Crippen LogP contribution in [0.15, 0.2) is 24.3 Å². The molecule has 5 heteroatoms. The Balaban J connectivity index is 2.84. The minimum atomic E-state index is -3.20. The molecule has 92 valence electrons. The number of nitrogens with one attached hydrogen (secondary N) is 1. The fourth-order valence-electron chi connectivity index (χ4n) is 1.22. The third kappa shape index (κ3) is 4.57. The van der Waals surface area contributed by atoms with Crippen molar-refractivity contribution in [3.63, 3.8) is 0 Å². The second-order valence-corrected chi connectivity index (χ2v) is 5.44. The fourth-order valence-corrected chi connectivity index (χ4v) is 1.80. The predicted molar refractivity (Wildman–Crippen MR) is 66.7 cm³/mol. The molecule has 1 aromatic carbocycles. The normalized spacial score (nSPS) is 10.7. The Hall–Kier alpha value is -1.35. The molecule has 0 aliphatic carbocycles. The van der Waals surface area contributed by atoms with E-state index in [1.807, 2.05) is 12.1 Å². The van der Waals surface area contributed by atoms with Crippen LogP contribution in [0.3, 0.4) is 0 Å². The van der Waals surface area contributed by atoms with Crippen molar-refractivity contribution in [2.75, 3.05) is 12.4 Å². The molecule has 0 saturated heterocycles. The van der Waals surface area contributed by atoms with Gasteiger partial charge in [-0.15, -0.1) is 0 Å². The summed E-state index contributed by atoms with van der Waals surface area (Å²) in [5.41, 5.74) is 1.52. The number of rotatable bonds is 4. The molecule has 0 fully saturated rings. The van der Waals surface area contributed by atoms with E-state index >= 15 is 0 Å². The average molecular weight is 253 g/mol. The Bertz CT molecular complexity index is 526. The van der Waals surface area contributed by atoms with Crippen molar-refractivity contribution in [3.05, 3.63) is 35.4 Å². The Morgan fingerprint density at radius 3 is 2.71 bits per heavy atom. The van der Waals surface area contributed by atoms with Crippen LogP contribution in [0.2, 0.25) is 0 Å². The van der Waals surface area contributed by atoms with E-state index in [2.05, 4.69) is 16.6 Å². The molecule has 0 spiro atoms. The van der Waals surface area contributed by atoms with Crippen molar-refractivity contribution < 1.29 is 13.5 Å². The van der Waals surface area contributed by atoms with Crippen molar-refractivity contribution in [3.8, 4) is 11.8 Å². The van der Waals surface area contributed by atoms with Crippen LogP contribution in [0.5, 0.6) is 0 Å². The molecule has 1 aromatic rings. The molecule has 0 aliphatic rings. The van der Waals surface area contributed by atoms with Crippen molar-refractivity contribution in [1.29, 1.82) is 0 Å². The van der Waals surface area contributed by atoms with Crippen LogP contribution >= 0.6 is 0 Å². The van der Waals surface area contributed by atoms with Gasteiger partial charge < -0.3 is 5.11 Å². The summed E-state index contributed by atoms with van der Waals surface area (Å²) in [5, 5.41) is 8.63. The standard InChI is InChI=1S/C12H15NO3S/c1-2-17(15,16)13-10-12-7-4-3-6-11(12)8-5-9-14/h3-4,6-7,13-14H,2,9-10H2,1H3. The Kier molecular flexibility index (Phi) is 5.16. The van der Waals surface area contributed by atoms with Crippen LogP contribution in [0, 0.1) is 11.8 Å². The topological polar surface area (TPSA) is 66.4 Å². The first-order chi connectivity index (χ1) is 8.09. The lowest BCUT2D eigenvalue weighted by Crippen LogP contribution is -2.25. The Morgan fingerprint density at radius 2 is 2.06 bits per heavy atom. The van der Waals surface area contributed by atoms with E-state index in [0.29, 0.717) is 0 Å². The third-order valence-electron chi connectivity index (χ3n) is 2.18. The van der Waals surface area contributed by atoms with Crippen LogP contribution in [-0.2, 0) is 16.6 Å². The first-order valence-electron chi connectivity index (χ1n) is 5.24. The highest BCUT2D eigenvalue weighted by molar-refractivity contribution is 7.89. The van der Waals surface area contributed by atoms with Gasteiger partial charge in [-0.05, 0) is 18.6 Å². The zero-order chi connectivity index (χ0) is 12.7. The first-order valence-corrected chi connectivity index (χ1v) is 6.89. The van der Waals surface area contributed by atoms with Gasteiger partial charge >= 0.3 is 0 Å². The highest BCUT2D eigenvalue weighted by Crippen LogP contribution is 2.07. The molecule has 0 aromatic heterocycles. The minimum absolute atomic E-state index is 0.0531. The van der Waals surface area contributed by atoms with Gasteiger partial charge in [0, 0.05) is 12.1 Å². The molecular formula is C12H15NO3S. The first kappa shape index (κ1) is 13.7. The number of aliphatic hydroxyl groups is 1. The van der Waals surface area contributed by atoms with Crippen LogP contribution in [-0.4, -0.2) is 25.9 Å². The van der Waals surface area contributed by atoms with Gasteiger partial charge in [-0.3, -0.25) is 0 Å². The van der Waals surface area contributed by atoms with Crippen LogP contribution < -0.4 is 4.72 Å². The number of sulfonamides is 1. The molecule has 0 unspecified atom stereocenters. The quantitative estimate of drug-likeness (QED) is 0.767. The van der Waals surface area contributed by atoms with Gasteiger partial charge in [0.25, 0.3) is 0 Å². The smallest absolute Gasteiger partial charge is 0.211 e. The molecular weight excluding hydrogens is 238 g/mol. The van der Waals surface area contributed by atoms with Gasteiger partial charge in [-0.1, -0.05) is 30.0 Å². The maximum Gasteiger partial charge on any atom is 0.211 e. The van der Waals surface area contributed by atoms with E-state index in [0.717, 1.165) is 11.1 Å². The van der Waals surface area contributed by atoms with Gasteiger partial charge in [0.05, 0.1) is 5.75 Å². The average Bonchev–Trinajstić information content (AvgIpc) is 2.35. The van der Waals surface area contributed by atoms with Crippen molar-refractivity contribution in [2.45, 2.75) is 13.5 Å². The Labute approximate surface area is 102 Å². The largest absolute Gasteiger partial charge is 0.384 e. The fraction of sp³-hybridized carbons (Fsp3) is 0.333. The maximum atomic E-state index is 11.3. The molecule has 0 aliphatic heterocycles. The molecule has 1 rings (SSSR count).